The number of para-hydroxylation sites is 2. The van der Waals surface area contributed by atoms with E-state index >= 15 is 4.79 Å². The molecule has 1 aromatic carbocycles. The van der Waals surface area contributed by atoms with E-state index in [2.05, 4.69) is 89.2 Å². The van der Waals surface area contributed by atoms with Gasteiger partial charge in [0, 0.05) is 6.54 Å². The topological polar surface area (TPSA) is 49.0 Å². The molecule has 4 heteroatoms. The quantitative estimate of drug-likeness (QED) is 0.346. The monoisotopic (exact) mass is 623 g/mol. The number of H-pyrrole nitrogens is 1. The van der Waals surface area contributed by atoms with Gasteiger partial charge in [0.1, 0.15) is 5.82 Å². The van der Waals surface area contributed by atoms with Crippen LogP contribution in [0, 0.1) is 62.6 Å². The van der Waals surface area contributed by atoms with Crippen LogP contribution >= 0.6 is 0 Å². The predicted octanol–water partition coefficient (Wildman–Crippen LogP) is 10.5. The zero-order chi connectivity index (χ0) is 32.4. The number of imidazole rings is 1. The lowest BCUT2D eigenvalue weighted by Gasteiger charge is -2.73. The van der Waals surface area contributed by atoms with Gasteiger partial charge in [0.25, 0.3) is 0 Å². The molecule has 8 rings (SSSR count). The second-order valence-corrected chi connectivity index (χ2v) is 18.9. The van der Waals surface area contributed by atoms with Crippen molar-refractivity contribution < 1.29 is 4.79 Å². The Morgan fingerprint density at radius 1 is 0.891 bits per heavy atom. The average molecular weight is 624 g/mol. The summed E-state index contributed by atoms with van der Waals surface area (Å²) in [7, 11) is 0. The highest BCUT2D eigenvalue weighted by Crippen LogP contribution is 2.78. The second-order valence-electron chi connectivity index (χ2n) is 18.9. The highest BCUT2D eigenvalue weighted by molar-refractivity contribution is 5.85. The number of hydrogen-bond donors (Lipinski definition) is 1. The smallest absolute Gasteiger partial charge is 0.229 e. The maximum atomic E-state index is 15.3. The maximum Gasteiger partial charge on any atom is 0.229 e. The van der Waals surface area contributed by atoms with Crippen molar-refractivity contribution in [1.82, 2.24) is 14.9 Å². The van der Waals surface area contributed by atoms with Crippen LogP contribution in [0.2, 0.25) is 0 Å². The molecular formula is C42H61N3O. The van der Waals surface area contributed by atoms with Crippen molar-refractivity contribution in [2.75, 3.05) is 6.54 Å². The number of rotatable bonds is 3. The number of hydrogen-bond acceptors (Lipinski definition) is 2. The lowest BCUT2D eigenvalue weighted by molar-refractivity contribution is -0.242. The molecule has 2 heterocycles. The van der Waals surface area contributed by atoms with Gasteiger partial charge in [-0.05, 0) is 153 Å². The molecular weight excluding hydrogens is 562 g/mol. The Labute approximate surface area is 279 Å². The minimum absolute atomic E-state index is 0.0626. The van der Waals surface area contributed by atoms with Crippen molar-refractivity contribution in [3.05, 3.63) is 42.2 Å². The first-order valence-corrected chi connectivity index (χ1v) is 19.2. The van der Waals surface area contributed by atoms with Crippen molar-refractivity contribution in [3.63, 3.8) is 0 Å². The maximum absolute atomic E-state index is 15.3. The van der Waals surface area contributed by atoms with Crippen LogP contribution in [0.5, 0.6) is 0 Å². The summed E-state index contributed by atoms with van der Waals surface area (Å²) >= 11 is 0. The van der Waals surface area contributed by atoms with Gasteiger partial charge < -0.3 is 9.88 Å². The summed E-state index contributed by atoms with van der Waals surface area (Å²) in [6, 6.07) is 8.38. The van der Waals surface area contributed by atoms with E-state index in [9.17, 15) is 0 Å². The standard InChI is InChI=1S/C42H61N3O/c1-26(2)28-18-22-42(37(46)45-25-11-14-32(45)36-43-30-12-9-10-13-31(30)44-36)24-23-40(7)29(35(28)42)15-16-34-39(6)20-17-27(3)38(4,5)33(39)19-21-41(34,40)8/h9-10,12-13,27-29,32-35H,1,11,14-25H2,2-8H3,(H,43,44)/t27-,28-,29+,32-,33-,34+,35+,39-,40+,41+,42-/m0/s1. The number of carbonyl (C=O) groups is 1. The van der Waals surface area contributed by atoms with E-state index in [4.69, 9.17) is 4.98 Å². The van der Waals surface area contributed by atoms with E-state index in [1.54, 1.807) is 0 Å². The summed E-state index contributed by atoms with van der Waals surface area (Å²) < 4.78 is 0. The number of fused-ring (bicyclic) bond motifs is 8. The third-order valence-electron chi connectivity index (χ3n) is 17.3. The Hall–Kier alpha value is -2.10. The molecule has 5 aliphatic carbocycles. The molecule has 2 aromatic rings. The molecule has 1 saturated heterocycles. The van der Waals surface area contributed by atoms with E-state index in [1.807, 2.05) is 0 Å². The number of aromatic amines is 1. The van der Waals surface area contributed by atoms with Crippen molar-refractivity contribution in [3.8, 4) is 0 Å². The first kappa shape index (κ1) is 31.2. The number of nitrogens with zero attached hydrogens (tertiary/aromatic N) is 2. The van der Waals surface area contributed by atoms with Crippen molar-refractivity contribution >= 4 is 16.9 Å². The summed E-state index contributed by atoms with van der Waals surface area (Å²) in [6.45, 7) is 23.7. The SMILES string of the molecule is C=C(C)[C@@H]1CC[C@]2(C(=O)N3CCC[C@H]3c3nc4ccccc4[nH]3)CC[C@]3(C)[C@H](CC[C@@H]4[C@@]5(C)CC[C@H](C)C(C)(C)[C@@H]5CC[C@]43C)[C@@H]12. The molecule has 1 amide bonds. The van der Waals surface area contributed by atoms with Crippen LogP contribution in [0.3, 0.4) is 0 Å². The average Bonchev–Trinajstić information content (AvgIpc) is 3.76. The van der Waals surface area contributed by atoms with Crippen LogP contribution in [0.1, 0.15) is 137 Å². The predicted molar refractivity (Wildman–Crippen MR) is 188 cm³/mol. The molecule has 5 saturated carbocycles. The second kappa shape index (κ2) is 10.2. The van der Waals surface area contributed by atoms with Crippen LogP contribution in [0.4, 0.5) is 0 Å². The molecule has 6 aliphatic rings. The molecule has 0 bridgehead atoms. The minimum atomic E-state index is -0.255. The van der Waals surface area contributed by atoms with Crippen LogP contribution in [0.15, 0.2) is 36.4 Å². The Morgan fingerprint density at radius 2 is 1.67 bits per heavy atom. The largest absolute Gasteiger partial charge is 0.340 e. The van der Waals surface area contributed by atoms with Crippen molar-refractivity contribution in [2.45, 2.75) is 132 Å². The van der Waals surface area contributed by atoms with Gasteiger partial charge in [0.2, 0.25) is 5.91 Å². The number of nitrogens with one attached hydrogen (secondary N) is 1. The molecule has 0 radical (unpaired) electrons. The highest BCUT2D eigenvalue weighted by Gasteiger charge is 2.72. The molecule has 250 valence electrons. The summed E-state index contributed by atoms with van der Waals surface area (Å²) in [6.07, 6.45) is 14.7. The fourth-order valence-corrected chi connectivity index (χ4v) is 14.4. The Balaban J connectivity index is 1.15. The number of benzene rings is 1. The van der Waals surface area contributed by atoms with Crippen LogP contribution in [-0.4, -0.2) is 27.3 Å². The zero-order valence-electron chi connectivity index (χ0n) is 30.1. The van der Waals surface area contributed by atoms with Crippen molar-refractivity contribution in [2.24, 2.45) is 62.6 Å². The van der Waals surface area contributed by atoms with E-state index < -0.39 is 0 Å². The van der Waals surface area contributed by atoms with Crippen LogP contribution < -0.4 is 0 Å². The fourth-order valence-electron chi connectivity index (χ4n) is 14.4. The van der Waals surface area contributed by atoms with E-state index in [1.165, 1.54) is 50.5 Å². The van der Waals surface area contributed by atoms with E-state index in [0.717, 1.165) is 73.3 Å². The Bertz CT molecular complexity index is 1520. The number of allylic oxidation sites excluding steroid dienone is 1. The van der Waals surface area contributed by atoms with Gasteiger partial charge in [-0.1, -0.05) is 65.8 Å². The number of likely N-dealkylation sites (tertiary alicyclic amines) is 1. The molecule has 1 aliphatic heterocycles. The lowest BCUT2D eigenvalue weighted by Crippen LogP contribution is -2.67. The van der Waals surface area contributed by atoms with Gasteiger partial charge in [-0.3, -0.25) is 4.79 Å². The fraction of sp³-hybridized carbons (Fsp3) is 0.762. The summed E-state index contributed by atoms with van der Waals surface area (Å²) in [5.41, 5.74) is 4.61. The van der Waals surface area contributed by atoms with E-state index in [-0.39, 0.29) is 16.9 Å². The lowest BCUT2D eigenvalue weighted by atomic mass is 9.32. The van der Waals surface area contributed by atoms with Gasteiger partial charge in [-0.15, -0.1) is 0 Å². The van der Waals surface area contributed by atoms with Gasteiger partial charge in [-0.2, -0.15) is 0 Å². The molecule has 4 nitrogen and oxygen atoms in total. The normalized spacial score (nSPS) is 46.3. The summed E-state index contributed by atoms with van der Waals surface area (Å²) in [5.74, 6) is 5.34. The van der Waals surface area contributed by atoms with Crippen LogP contribution in [-0.2, 0) is 4.79 Å². The summed E-state index contributed by atoms with van der Waals surface area (Å²) in [5, 5.41) is 0. The zero-order valence-corrected chi connectivity index (χ0v) is 30.1. The van der Waals surface area contributed by atoms with E-state index in [0.29, 0.717) is 39.9 Å². The molecule has 11 atom stereocenters. The van der Waals surface area contributed by atoms with Gasteiger partial charge in [-0.25, -0.2) is 4.98 Å². The summed E-state index contributed by atoms with van der Waals surface area (Å²) in [4.78, 5) is 26.2. The minimum Gasteiger partial charge on any atom is -0.340 e. The van der Waals surface area contributed by atoms with Crippen LogP contribution in [0.25, 0.3) is 11.0 Å². The van der Waals surface area contributed by atoms with Gasteiger partial charge >= 0.3 is 0 Å². The third kappa shape index (κ3) is 3.91. The number of amides is 1. The number of aromatic nitrogens is 2. The molecule has 6 fully saturated rings. The molecule has 1 N–H and O–H groups in total. The first-order chi connectivity index (χ1) is 21.8. The molecule has 46 heavy (non-hydrogen) atoms. The molecule has 1 aromatic heterocycles. The van der Waals surface area contributed by atoms with Gasteiger partial charge in [0.05, 0.1) is 22.5 Å². The molecule has 0 spiro atoms. The Morgan fingerprint density at radius 3 is 2.43 bits per heavy atom. The molecule has 0 unspecified atom stereocenters. The first-order valence-electron chi connectivity index (χ1n) is 19.2. The number of carbonyl (C=O) groups excluding carboxylic acids is 1. The Kier molecular flexibility index (Phi) is 6.92. The van der Waals surface area contributed by atoms with Gasteiger partial charge in [0.15, 0.2) is 0 Å². The van der Waals surface area contributed by atoms with Crippen molar-refractivity contribution in [1.29, 1.82) is 0 Å². The third-order valence-corrected chi connectivity index (χ3v) is 17.3. The highest BCUT2D eigenvalue weighted by atomic mass is 16.2.